The molecular formula is C34H30BrF4N3O4. The van der Waals surface area contributed by atoms with Gasteiger partial charge in [0.15, 0.2) is 11.6 Å². The van der Waals surface area contributed by atoms with Gasteiger partial charge in [0.1, 0.15) is 11.6 Å². The number of carbonyl (C=O) groups excluding carboxylic acids is 1. The Balaban J connectivity index is 1.50. The molecule has 3 N–H and O–H groups in total. The predicted octanol–water partition coefficient (Wildman–Crippen LogP) is 6.69. The van der Waals surface area contributed by atoms with Crippen LogP contribution in [0.2, 0.25) is 0 Å². The molecule has 0 fully saturated rings. The normalized spacial score (nSPS) is 17.7. The van der Waals surface area contributed by atoms with Crippen LogP contribution in [0.5, 0.6) is 5.75 Å². The first-order chi connectivity index (χ1) is 22.1. The number of nitrogens with one attached hydrogen (secondary N) is 2. The van der Waals surface area contributed by atoms with Gasteiger partial charge in [-0.1, -0.05) is 64.5 Å². The van der Waals surface area contributed by atoms with E-state index in [4.69, 9.17) is 19.6 Å². The zero-order valence-electron chi connectivity index (χ0n) is 24.4. The smallest absolute Gasteiger partial charge is 0.416 e. The number of hydrazine groups is 1. The van der Waals surface area contributed by atoms with Crippen LogP contribution in [0.15, 0.2) is 107 Å². The van der Waals surface area contributed by atoms with Gasteiger partial charge in [-0.3, -0.25) is 10.2 Å². The molecule has 0 aromatic heterocycles. The molecule has 4 aromatic carbocycles. The van der Waals surface area contributed by atoms with Crippen molar-refractivity contribution in [1.29, 1.82) is 0 Å². The third-order valence-corrected chi connectivity index (χ3v) is 8.04. The SMILES string of the molecule is O=C(NNCc1cc(F)cc(C(F)(F)F)c1)[C@@]1(Cc2ccccc2)N=C(c2ccc(OCCCO)cc2)O[C@H]1c1ccccc1Br. The van der Waals surface area contributed by atoms with Crippen molar-refractivity contribution in [1.82, 2.24) is 10.9 Å². The Morgan fingerprint density at radius 1 is 0.978 bits per heavy atom. The number of carbonyl (C=O) groups is 1. The Bertz CT molecular complexity index is 1690. The minimum absolute atomic E-state index is 0.0103. The van der Waals surface area contributed by atoms with Crippen molar-refractivity contribution in [2.45, 2.75) is 37.2 Å². The fourth-order valence-corrected chi connectivity index (χ4v) is 5.60. The molecule has 2 atom stereocenters. The first-order valence-electron chi connectivity index (χ1n) is 14.4. The van der Waals surface area contributed by atoms with Crippen molar-refractivity contribution in [3.63, 3.8) is 0 Å². The number of aliphatic imine (C=N–C) groups is 1. The second kappa shape index (κ2) is 14.4. The molecule has 5 rings (SSSR count). The number of halogens is 5. The number of alkyl halides is 3. The topological polar surface area (TPSA) is 92.2 Å². The summed E-state index contributed by atoms with van der Waals surface area (Å²) in [6.07, 6.45) is -5.06. The minimum Gasteiger partial charge on any atom is -0.494 e. The maximum Gasteiger partial charge on any atom is 0.416 e. The van der Waals surface area contributed by atoms with E-state index in [0.717, 1.165) is 17.7 Å². The van der Waals surface area contributed by atoms with Crippen molar-refractivity contribution < 1.29 is 36.9 Å². The summed E-state index contributed by atoms with van der Waals surface area (Å²) in [5.41, 5.74) is 4.57. The van der Waals surface area contributed by atoms with Gasteiger partial charge in [0.05, 0.1) is 12.2 Å². The van der Waals surface area contributed by atoms with Crippen LogP contribution >= 0.6 is 15.9 Å². The Labute approximate surface area is 271 Å². The molecule has 0 aliphatic carbocycles. The van der Waals surface area contributed by atoms with Gasteiger partial charge in [-0.05, 0) is 59.7 Å². The zero-order chi connectivity index (χ0) is 32.7. The molecule has 0 saturated carbocycles. The molecule has 0 saturated heterocycles. The van der Waals surface area contributed by atoms with Gasteiger partial charge >= 0.3 is 6.18 Å². The highest BCUT2D eigenvalue weighted by atomic mass is 79.9. The van der Waals surface area contributed by atoms with E-state index in [9.17, 15) is 22.4 Å². The molecule has 1 amide bonds. The molecule has 7 nitrogen and oxygen atoms in total. The molecule has 4 aromatic rings. The van der Waals surface area contributed by atoms with Crippen molar-refractivity contribution in [2.75, 3.05) is 13.2 Å². The van der Waals surface area contributed by atoms with E-state index in [1.807, 2.05) is 54.6 Å². The monoisotopic (exact) mass is 699 g/mol. The summed E-state index contributed by atoms with van der Waals surface area (Å²) in [4.78, 5) is 19.2. The van der Waals surface area contributed by atoms with E-state index in [0.29, 0.717) is 40.4 Å². The summed E-state index contributed by atoms with van der Waals surface area (Å²) in [5, 5.41) is 9.02. The van der Waals surface area contributed by atoms with E-state index in [1.54, 1.807) is 24.3 Å². The third kappa shape index (κ3) is 7.75. The van der Waals surface area contributed by atoms with Crippen LogP contribution < -0.4 is 15.6 Å². The maximum atomic E-state index is 14.3. The standard InChI is InChI=1S/C34H30BrF4N3O4/c35-29-10-5-4-9-28(29)30-33(20-22-7-2-1-3-8-22,41-31(46-30)24-11-13-27(14-12-24)45-16-6-15-43)32(44)42-40-21-23-17-25(34(37,38)39)19-26(36)18-23/h1-5,7-14,17-19,30,40,43H,6,15-16,20-21H2,(H,42,44)/t30-,33-/m0/s1. The first-order valence-corrected chi connectivity index (χ1v) is 15.2. The van der Waals surface area contributed by atoms with Crippen molar-refractivity contribution in [3.8, 4) is 5.75 Å². The molecule has 0 radical (unpaired) electrons. The van der Waals surface area contributed by atoms with Gasteiger partial charge < -0.3 is 14.6 Å². The number of aliphatic hydroxyl groups excluding tert-OH is 1. The second-order valence-corrected chi connectivity index (χ2v) is 11.5. The number of nitrogens with zero attached hydrogens (tertiary/aromatic N) is 1. The quantitative estimate of drug-likeness (QED) is 0.0871. The summed E-state index contributed by atoms with van der Waals surface area (Å²) in [7, 11) is 0. The van der Waals surface area contributed by atoms with E-state index >= 15 is 0 Å². The van der Waals surface area contributed by atoms with Crippen LogP contribution in [-0.2, 0) is 28.7 Å². The summed E-state index contributed by atoms with van der Waals surface area (Å²) in [6, 6.07) is 25.7. The number of rotatable bonds is 12. The summed E-state index contributed by atoms with van der Waals surface area (Å²) >= 11 is 3.58. The lowest BCUT2D eigenvalue weighted by molar-refractivity contribution is -0.138. The molecule has 1 aliphatic heterocycles. The second-order valence-electron chi connectivity index (χ2n) is 10.6. The highest BCUT2D eigenvalue weighted by Gasteiger charge is 2.54. The zero-order valence-corrected chi connectivity index (χ0v) is 25.9. The van der Waals surface area contributed by atoms with Crippen LogP contribution in [0.4, 0.5) is 17.6 Å². The minimum atomic E-state index is -4.73. The molecule has 1 aliphatic rings. The Morgan fingerprint density at radius 2 is 1.70 bits per heavy atom. The molecule has 12 heteroatoms. The molecule has 46 heavy (non-hydrogen) atoms. The van der Waals surface area contributed by atoms with Gasteiger partial charge in [-0.25, -0.2) is 14.8 Å². The molecular weight excluding hydrogens is 670 g/mol. The fraction of sp³-hybridized carbons (Fsp3) is 0.235. The lowest BCUT2D eigenvalue weighted by Crippen LogP contribution is -2.53. The lowest BCUT2D eigenvalue weighted by Gasteiger charge is -2.31. The van der Waals surface area contributed by atoms with Gasteiger partial charge in [0.25, 0.3) is 5.91 Å². The number of hydrogen-bond acceptors (Lipinski definition) is 6. The first kappa shape index (κ1) is 33.1. The van der Waals surface area contributed by atoms with Gasteiger partial charge in [0.2, 0.25) is 5.90 Å². The molecule has 1 heterocycles. The molecule has 0 bridgehead atoms. The fourth-order valence-electron chi connectivity index (χ4n) is 5.10. The Hall–Kier alpha value is -4.26. The van der Waals surface area contributed by atoms with Crippen LogP contribution in [0.1, 0.15) is 40.3 Å². The highest BCUT2D eigenvalue weighted by molar-refractivity contribution is 9.10. The highest BCUT2D eigenvalue weighted by Crippen LogP contribution is 2.44. The summed E-state index contributed by atoms with van der Waals surface area (Å²) in [6.45, 7) is 0.0666. The van der Waals surface area contributed by atoms with Crippen LogP contribution in [-0.4, -0.2) is 35.7 Å². The van der Waals surface area contributed by atoms with E-state index in [2.05, 4.69) is 26.8 Å². The van der Waals surface area contributed by atoms with Crippen LogP contribution in [0.3, 0.4) is 0 Å². The third-order valence-electron chi connectivity index (χ3n) is 7.31. The van der Waals surface area contributed by atoms with Gasteiger partial charge in [-0.15, -0.1) is 0 Å². The lowest BCUT2D eigenvalue weighted by atomic mass is 9.82. The van der Waals surface area contributed by atoms with Crippen molar-refractivity contribution >= 4 is 27.7 Å². The van der Waals surface area contributed by atoms with Crippen molar-refractivity contribution in [2.24, 2.45) is 4.99 Å². The molecule has 0 unspecified atom stereocenters. The summed E-state index contributed by atoms with van der Waals surface area (Å²) in [5.74, 6) is -0.866. The van der Waals surface area contributed by atoms with E-state index in [-0.39, 0.29) is 31.0 Å². The van der Waals surface area contributed by atoms with Crippen LogP contribution in [0, 0.1) is 5.82 Å². The number of benzene rings is 4. The van der Waals surface area contributed by atoms with Gasteiger partial charge in [-0.2, -0.15) is 13.2 Å². The number of amides is 1. The largest absolute Gasteiger partial charge is 0.494 e. The average Bonchev–Trinajstić information content (AvgIpc) is 3.41. The summed E-state index contributed by atoms with van der Waals surface area (Å²) < 4.78 is 66.6. The number of ether oxygens (including phenoxy) is 2. The van der Waals surface area contributed by atoms with Crippen LogP contribution in [0.25, 0.3) is 0 Å². The number of aliphatic hydroxyl groups is 1. The Kier molecular flexibility index (Phi) is 10.4. The van der Waals surface area contributed by atoms with E-state index in [1.165, 1.54) is 0 Å². The van der Waals surface area contributed by atoms with E-state index < -0.39 is 35.1 Å². The average molecular weight is 701 g/mol. The predicted molar refractivity (Wildman–Crippen MR) is 167 cm³/mol. The van der Waals surface area contributed by atoms with Gasteiger partial charge in [0, 0.05) is 41.6 Å². The molecule has 0 spiro atoms. The van der Waals surface area contributed by atoms with Crippen molar-refractivity contribution in [3.05, 3.63) is 135 Å². The number of hydrogen-bond donors (Lipinski definition) is 3. The molecule has 240 valence electrons. The maximum absolute atomic E-state index is 14.3. The Morgan fingerprint density at radius 3 is 2.39 bits per heavy atom.